The highest BCUT2D eigenvalue weighted by atomic mass is 16.5. The van der Waals surface area contributed by atoms with Crippen molar-refractivity contribution < 1.29 is 9.26 Å². The number of rotatable bonds is 5. The van der Waals surface area contributed by atoms with Gasteiger partial charge in [0.1, 0.15) is 12.4 Å². The van der Waals surface area contributed by atoms with E-state index in [1.165, 1.54) is 0 Å². The number of hydrogen-bond donors (Lipinski definition) is 1. The van der Waals surface area contributed by atoms with Crippen LogP contribution in [0.15, 0.2) is 22.7 Å². The SMILES string of the molecule is Cc1cc(COc2ccc(C)nc2CC(C)N)on1. The fraction of sp³-hybridized carbons (Fsp3) is 0.429. The molecule has 0 aliphatic carbocycles. The molecule has 1 unspecified atom stereocenters. The third kappa shape index (κ3) is 3.79. The molecule has 0 bridgehead atoms. The van der Waals surface area contributed by atoms with E-state index in [9.17, 15) is 0 Å². The molecule has 0 aliphatic heterocycles. The molecule has 0 saturated carbocycles. The largest absolute Gasteiger partial charge is 0.484 e. The quantitative estimate of drug-likeness (QED) is 0.892. The van der Waals surface area contributed by atoms with Gasteiger partial charge < -0.3 is 15.0 Å². The maximum atomic E-state index is 5.83. The highest BCUT2D eigenvalue weighted by Crippen LogP contribution is 2.20. The number of nitrogens with zero attached hydrogens (tertiary/aromatic N) is 2. The summed E-state index contributed by atoms with van der Waals surface area (Å²) >= 11 is 0. The molecule has 0 amide bonds. The molecule has 102 valence electrons. The van der Waals surface area contributed by atoms with Gasteiger partial charge in [0.05, 0.1) is 11.4 Å². The lowest BCUT2D eigenvalue weighted by atomic mass is 10.1. The summed E-state index contributed by atoms with van der Waals surface area (Å²) in [6.07, 6.45) is 0.687. The van der Waals surface area contributed by atoms with E-state index < -0.39 is 0 Å². The Balaban J connectivity index is 2.10. The van der Waals surface area contributed by atoms with Crippen LogP contribution in [0.1, 0.15) is 29.8 Å². The van der Waals surface area contributed by atoms with Crippen molar-refractivity contribution in [3.8, 4) is 5.75 Å². The summed E-state index contributed by atoms with van der Waals surface area (Å²) in [5, 5.41) is 3.82. The van der Waals surface area contributed by atoms with Crippen LogP contribution in [0.5, 0.6) is 5.75 Å². The van der Waals surface area contributed by atoms with Gasteiger partial charge in [-0.25, -0.2) is 0 Å². The second-order valence-corrected chi connectivity index (χ2v) is 4.80. The molecule has 1 atom stereocenters. The van der Waals surface area contributed by atoms with Crippen LogP contribution in [0, 0.1) is 13.8 Å². The highest BCUT2D eigenvalue weighted by molar-refractivity contribution is 5.30. The molecule has 5 nitrogen and oxygen atoms in total. The van der Waals surface area contributed by atoms with E-state index in [1.54, 1.807) is 0 Å². The molecule has 2 N–H and O–H groups in total. The summed E-state index contributed by atoms with van der Waals surface area (Å²) in [6.45, 7) is 6.13. The molecule has 2 aromatic heterocycles. The van der Waals surface area contributed by atoms with Crippen molar-refractivity contribution >= 4 is 0 Å². The molecule has 0 saturated heterocycles. The van der Waals surface area contributed by atoms with Crippen molar-refractivity contribution in [3.05, 3.63) is 41.0 Å². The first kappa shape index (κ1) is 13.5. The molecule has 2 rings (SSSR count). The first-order valence-corrected chi connectivity index (χ1v) is 6.31. The smallest absolute Gasteiger partial charge is 0.174 e. The van der Waals surface area contributed by atoms with Crippen molar-refractivity contribution in [2.24, 2.45) is 5.73 Å². The van der Waals surface area contributed by atoms with Gasteiger partial charge in [-0.2, -0.15) is 0 Å². The minimum absolute atomic E-state index is 0.0455. The Kier molecular flexibility index (Phi) is 4.16. The molecule has 0 spiro atoms. The van der Waals surface area contributed by atoms with Gasteiger partial charge in [-0.15, -0.1) is 0 Å². The van der Waals surface area contributed by atoms with Crippen molar-refractivity contribution in [1.82, 2.24) is 10.1 Å². The summed E-state index contributed by atoms with van der Waals surface area (Å²) in [7, 11) is 0. The Hall–Kier alpha value is -1.88. The average molecular weight is 261 g/mol. The number of nitrogens with two attached hydrogens (primary N) is 1. The predicted octanol–water partition coefficient (Wildman–Crippen LogP) is 2.16. The minimum atomic E-state index is 0.0455. The summed E-state index contributed by atoms with van der Waals surface area (Å²) in [5.41, 5.74) is 8.51. The predicted molar refractivity (Wildman–Crippen MR) is 71.9 cm³/mol. The zero-order valence-electron chi connectivity index (χ0n) is 11.5. The lowest BCUT2D eigenvalue weighted by Gasteiger charge is -2.12. The Morgan fingerprint density at radius 1 is 1.32 bits per heavy atom. The molecule has 0 radical (unpaired) electrons. The van der Waals surface area contributed by atoms with E-state index in [4.69, 9.17) is 15.0 Å². The monoisotopic (exact) mass is 261 g/mol. The zero-order valence-corrected chi connectivity index (χ0v) is 11.5. The van der Waals surface area contributed by atoms with Gasteiger partial charge in [0.25, 0.3) is 0 Å². The Bertz CT molecular complexity index is 549. The van der Waals surface area contributed by atoms with E-state index >= 15 is 0 Å². The van der Waals surface area contributed by atoms with Crippen molar-refractivity contribution in [3.63, 3.8) is 0 Å². The fourth-order valence-electron chi connectivity index (χ4n) is 1.81. The molecule has 2 aromatic rings. The van der Waals surface area contributed by atoms with Crippen LogP contribution in [-0.2, 0) is 13.0 Å². The van der Waals surface area contributed by atoms with Gasteiger partial charge in [-0.05, 0) is 32.9 Å². The molecule has 0 fully saturated rings. The maximum Gasteiger partial charge on any atom is 0.174 e. The summed E-state index contributed by atoms with van der Waals surface area (Å²) in [6, 6.07) is 5.74. The second-order valence-electron chi connectivity index (χ2n) is 4.80. The Morgan fingerprint density at radius 3 is 2.74 bits per heavy atom. The standard InChI is InChI=1S/C14H19N3O2/c1-9(15)6-13-14(5-4-10(2)16-13)18-8-12-7-11(3)17-19-12/h4-5,7,9H,6,8,15H2,1-3H3. The fourth-order valence-corrected chi connectivity index (χ4v) is 1.81. The molecule has 5 heteroatoms. The van der Waals surface area contributed by atoms with Gasteiger partial charge in [0, 0.05) is 24.2 Å². The molecule has 0 aromatic carbocycles. The highest BCUT2D eigenvalue weighted by Gasteiger charge is 2.10. The number of pyridine rings is 1. The van der Waals surface area contributed by atoms with E-state index in [0.29, 0.717) is 18.8 Å². The first-order valence-electron chi connectivity index (χ1n) is 6.31. The van der Waals surface area contributed by atoms with Gasteiger partial charge >= 0.3 is 0 Å². The van der Waals surface area contributed by atoms with Crippen LogP contribution < -0.4 is 10.5 Å². The van der Waals surface area contributed by atoms with Crippen LogP contribution in [0.2, 0.25) is 0 Å². The topological polar surface area (TPSA) is 74.2 Å². The Morgan fingerprint density at radius 2 is 2.11 bits per heavy atom. The van der Waals surface area contributed by atoms with Crippen molar-refractivity contribution in [2.45, 2.75) is 39.8 Å². The van der Waals surface area contributed by atoms with E-state index in [2.05, 4.69) is 10.1 Å². The van der Waals surface area contributed by atoms with Crippen LogP contribution in [0.25, 0.3) is 0 Å². The minimum Gasteiger partial charge on any atom is -0.484 e. The second kappa shape index (κ2) is 5.84. The molecule has 0 aliphatic rings. The van der Waals surface area contributed by atoms with Gasteiger partial charge in [-0.1, -0.05) is 5.16 Å². The normalized spacial score (nSPS) is 12.4. The number of aromatic nitrogens is 2. The summed E-state index contributed by atoms with van der Waals surface area (Å²) in [4.78, 5) is 4.48. The summed E-state index contributed by atoms with van der Waals surface area (Å²) < 4.78 is 10.9. The van der Waals surface area contributed by atoms with Crippen LogP contribution in [0.4, 0.5) is 0 Å². The van der Waals surface area contributed by atoms with Crippen LogP contribution in [-0.4, -0.2) is 16.2 Å². The van der Waals surface area contributed by atoms with Gasteiger partial charge in [0.15, 0.2) is 5.76 Å². The van der Waals surface area contributed by atoms with Crippen molar-refractivity contribution in [1.29, 1.82) is 0 Å². The third-order valence-corrected chi connectivity index (χ3v) is 2.63. The molecule has 19 heavy (non-hydrogen) atoms. The first-order chi connectivity index (χ1) is 9.04. The number of hydrogen-bond acceptors (Lipinski definition) is 5. The third-order valence-electron chi connectivity index (χ3n) is 2.63. The average Bonchev–Trinajstić information content (AvgIpc) is 2.73. The lowest BCUT2D eigenvalue weighted by Crippen LogP contribution is -2.19. The van der Waals surface area contributed by atoms with E-state index in [-0.39, 0.29) is 6.04 Å². The van der Waals surface area contributed by atoms with Gasteiger partial charge in [-0.3, -0.25) is 4.98 Å². The Labute approximate surface area is 112 Å². The lowest BCUT2D eigenvalue weighted by molar-refractivity contribution is 0.245. The number of aryl methyl sites for hydroxylation is 2. The van der Waals surface area contributed by atoms with Crippen LogP contribution in [0.3, 0.4) is 0 Å². The van der Waals surface area contributed by atoms with Crippen LogP contribution >= 0.6 is 0 Å². The van der Waals surface area contributed by atoms with Crippen molar-refractivity contribution in [2.75, 3.05) is 0 Å². The zero-order chi connectivity index (χ0) is 13.8. The van der Waals surface area contributed by atoms with E-state index in [1.807, 2.05) is 39.0 Å². The summed E-state index contributed by atoms with van der Waals surface area (Å²) in [5.74, 6) is 1.45. The maximum absolute atomic E-state index is 5.83. The molecule has 2 heterocycles. The molecular formula is C14H19N3O2. The van der Waals surface area contributed by atoms with E-state index in [0.717, 1.165) is 22.8 Å². The van der Waals surface area contributed by atoms with Gasteiger partial charge in [0.2, 0.25) is 0 Å². The molecular weight excluding hydrogens is 242 g/mol. The number of ether oxygens (including phenoxy) is 1.